The Morgan fingerprint density at radius 2 is 2.31 bits per heavy atom. The van der Waals surface area contributed by atoms with E-state index in [-0.39, 0.29) is 5.54 Å². The number of nitrogens with zero attached hydrogens (tertiary/aromatic N) is 2. The molecule has 5 nitrogen and oxygen atoms in total. The highest BCUT2D eigenvalue weighted by Gasteiger charge is 2.44. The van der Waals surface area contributed by atoms with Gasteiger partial charge in [0, 0.05) is 13.2 Å². The van der Waals surface area contributed by atoms with Crippen molar-refractivity contribution in [1.29, 1.82) is 0 Å². The fourth-order valence-corrected chi connectivity index (χ4v) is 2.37. The number of nitrogens with two attached hydrogens (primary N) is 2. The van der Waals surface area contributed by atoms with Gasteiger partial charge in [0.1, 0.15) is 0 Å². The van der Waals surface area contributed by atoms with Gasteiger partial charge in [-0.1, -0.05) is 0 Å². The number of ether oxygens (including phenoxy) is 1. The van der Waals surface area contributed by atoms with Crippen LogP contribution in [-0.2, 0) is 4.74 Å². The molecule has 0 aliphatic carbocycles. The molecule has 0 radical (unpaired) electrons. The predicted molar refractivity (Wildman–Crippen MR) is 49.9 cm³/mol. The van der Waals surface area contributed by atoms with Crippen molar-refractivity contribution in [3.63, 3.8) is 0 Å². The normalized spacial score (nSPS) is 34.8. The summed E-state index contributed by atoms with van der Waals surface area (Å²) in [5.74, 6) is 5.63. The molecule has 2 fully saturated rings. The lowest BCUT2D eigenvalue weighted by molar-refractivity contribution is 0.142. The van der Waals surface area contributed by atoms with Gasteiger partial charge in [-0.2, -0.15) is 0 Å². The molecule has 0 aromatic rings. The zero-order valence-corrected chi connectivity index (χ0v) is 7.70. The van der Waals surface area contributed by atoms with Crippen molar-refractivity contribution in [2.45, 2.75) is 24.8 Å². The fourth-order valence-electron chi connectivity index (χ4n) is 2.37. The average Bonchev–Trinajstić information content (AvgIpc) is 2.76. The molecule has 74 valence electrons. The van der Waals surface area contributed by atoms with Gasteiger partial charge in [-0.05, 0) is 19.3 Å². The second-order valence-electron chi connectivity index (χ2n) is 3.77. The van der Waals surface area contributed by atoms with E-state index in [2.05, 4.69) is 10.0 Å². The summed E-state index contributed by atoms with van der Waals surface area (Å²) in [5, 5.41) is 3.55. The van der Waals surface area contributed by atoms with Gasteiger partial charge >= 0.3 is 0 Å². The first-order chi connectivity index (χ1) is 6.28. The first kappa shape index (κ1) is 8.62. The summed E-state index contributed by atoms with van der Waals surface area (Å²) in [7, 11) is 0. The maximum absolute atomic E-state index is 5.73. The molecule has 5 heteroatoms. The van der Waals surface area contributed by atoms with Crippen molar-refractivity contribution in [3.05, 3.63) is 0 Å². The molecule has 1 atom stereocenters. The van der Waals surface area contributed by atoms with Gasteiger partial charge in [-0.3, -0.25) is 0 Å². The topological polar surface area (TPSA) is 76.9 Å². The number of guanidine groups is 1. The highest BCUT2D eigenvalue weighted by Crippen LogP contribution is 2.35. The molecule has 2 aliphatic heterocycles. The summed E-state index contributed by atoms with van der Waals surface area (Å²) >= 11 is 0. The number of hydrogen-bond acceptors (Lipinski definition) is 3. The van der Waals surface area contributed by atoms with Crippen molar-refractivity contribution < 1.29 is 4.74 Å². The van der Waals surface area contributed by atoms with Gasteiger partial charge in [0.15, 0.2) is 0 Å². The third-order valence-corrected chi connectivity index (χ3v) is 3.09. The second-order valence-corrected chi connectivity index (χ2v) is 3.77. The Labute approximate surface area is 77.7 Å². The van der Waals surface area contributed by atoms with Crippen molar-refractivity contribution in [1.82, 2.24) is 4.90 Å². The lowest BCUT2D eigenvalue weighted by Gasteiger charge is -2.33. The monoisotopic (exact) mass is 184 g/mol. The zero-order valence-electron chi connectivity index (χ0n) is 7.70. The van der Waals surface area contributed by atoms with E-state index >= 15 is 0 Å². The van der Waals surface area contributed by atoms with E-state index in [0.29, 0.717) is 5.96 Å². The van der Waals surface area contributed by atoms with Crippen LogP contribution in [0.15, 0.2) is 5.10 Å². The van der Waals surface area contributed by atoms with Crippen LogP contribution in [0.4, 0.5) is 0 Å². The average molecular weight is 184 g/mol. The Balaban J connectivity index is 2.18. The van der Waals surface area contributed by atoms with Crippen LogP contribution in [0.25, 0.3) is 0 Å². The van der Waals surface area contributed by atoms with Crippen LogP contribution in [0, 0.1) is 0 Å². The lowest BCUT2D eigenvalue weighted by atomic mass is 9.96. The van der Waals surface area contributed by atoms with E-state index in [9.17, 15) is 0 Å². The first-order valence-electron chi connectivity index (χ1n) is 4.67. The van der Waals surface area contributed by atoms with Crippen molar-refractivity contribution >= 4 is 5.96 Å². The summed E-state index contributed by atoms with van der Waals surface area (Å²) in [6.45, 7) is 2.55. The molecule has 2 rings (SSSR count). The molecule has 0 aromatic carbocycles. The second kappa shape index (κ2) is 3.06. The fraction of sp³-hybridized carbons (Fsp3) is 0.875. The van der Waals surface area contributed by atoms with Gasteiger partial charge in [-0.15, -0.1) is 5.10 Å². The highest BCUT2D eigenvalue weighted by atomic mass is 16.5. The number of hydrazone groups is 1. The number of hydrogen-bond donors (Lipinski definition) is 2. The van der Waals surface area contributed by atoms with Crippen molar-refractivity contribution in [3.8, 4) is 0 Å². The molecule has 2 aliphatic rings. The smallest absolute Gasteiger partial charge is 0.213 e. The highest BCUT2D eigenvalue weighted by molar-refractivity contribution is 5.79. The van der Waals surface area contributed by atoms with Crippen LogP contribution in [0.5, 0.6) is 0 Å². The maximum atomic E-state index is 5.73. The van der Waals surface area contributed by atoms with E-state index in [0.717, 1.165) is 39.0 Å². The van der Waals surface area contributed by atoms with Gasteiger partial charge in [0.25, 0.3) is 0 Å². The first-order valence-corrected chi connectivity index (χ1v) is 4.67. The van der Waals surface area contributed by atoms with Crippen molar-refractivity contribution in [2.75, 3.05) is 19.8 Å². The molecule has 0 amide bonds. The Morgan fingerprint density at radius 3 is 2.92 bits per heavy atom. The summed E-state index contributed by atoms with van der Waals surface area (Å²) in [6, 6.07) is 0. The van der Waals surface area contributed by atoms with Crippen LogP contribution >= 0.6 is 0 Å². The Hall–Kier alpha value is -0.970. The van der Waals surface area contributed by atoms with E-state index in [1.165, 1.54) is 0 Å². The quantitative estimate of drug-likeness (QED) is 0.229. The Morgan fingerprint density at radius 1 is 1.46 bits per heavy atom. The van der Waals surface area contributed by atoms with E-state index in [4.69, 9.17) is 16.3 Å². The lowest BCUT2D eigenvalue weighted by Crippen LogP contribution is -2.51. The van der Waals surface area contributed by atoms with Gasteiger partial charge in [0.05, 0.1) is 12.1 Å². The minimum absolute atomic E-state index is 0.104. The van der Waals surface area contributed by atoms with E-state index in [1.54, 1.807) is 0 Å². The zero-order chi connectivity index (χ0) is 9.31. The molecule has 0 bridgehead atoms. The third kappa shape index (κ3) is 1.23. The van der Waals surface area contributed by atoms with Crippen LogP contribution < -0.4 is 11.6 Å². The van der Waals surface area contributed by atoms with Crippen LogP contribution in [-0.4, -0.2) is 36.2 Å². The van der Waals surface area contributed by atoms with Crippen LogP contribution in [0.3, 0.4) is 0 Å². The molecule has 2 heterocycles. The number of likely N-dealkylation sites (tertiary alicyclic amines) is 1. The molecular formula is C8H16N4O. The third-order valence-electron chi connectivity index (χ3n) is 3.09. The minimum atomic E-state index is 0.104. The number of rotatable bonds is 0. The minimum Gasteiger partial charge on any atom is -0.379 e. The predicted octanol–water partition coefficient (Wildman–Crippen LogP) is -0.570. The summed E-state index contributed by atoms with van der Waals surface area (Å²) in [6.07, 6.45) is 3.34. The van der Waals surface area contributed by atoms with Gasteiger partial charge < -0.3 is 21.2 Å². The molecular weight excluding hydrogens is 168 g/mol. The molecule has 13 heavy (non-hydrogen) atoms. The van der Waals surface area contributed by atoms with E-state index in [1.807, 2.05) is 0 Å². The molecule has 0 aromatic heterocycles. The Kier molecular flexibility index (Phi) is 2.03. The SMILES string of the molecule is N/N=C(\N)N1CCCC12CCOC2. The standard InChI is InChI=1S/C8H16N4O/c9-7(11-10)12-4-1-2-8(12)3-5-13-6-8/h1-6,10H2,(H2,9,11). The molecule has 2 saturated heterocycles. The summed E-state index contributed by atoms with van der Waals surface area (Å²) < 4.78 is 5.41. The largest absolute Gasteiger partial charge is 0.379 e. The molecule has 1 spiro atoms. The van der Waals surface area contributed by atoms with Gasteiger partial charge in [-0.25, -0.2) is 0 Å². The molecule has 4 N–H and O–H groups in total. The molecule has 1 unspecified atom stereocenters. The van der Waals surface area contributed by atoms with Crippen LogP contribution in [0.1, 0.15) is 19.3 Å². The van der Waals surface area contributed by atoms with Crippen molar-refractivity contribution in [2.24, 2.45) is 16.7 Å². The summed E-state index contributed by atoms with van der Waals surface area (Å²) in [5.41, 5.74) is 5.83. The van der Waals surface area contributed by atoms with E-state index < -0.39 is 0 Å². The summed E-state index contributed by atoms with van der Waals surface area (Å²) in [4.78, 5) is 2.10. The van der Waals surface area contributed by atoms with Gasteiger partial charge in [0.2, 0.25) is 5.96 Å². The van der Waals surface area contributed by atoms with Crippen LogP contribution in [0.2, 0.25) is 0 Å². The Bertz CT molecular complexity index is 217. The molecule has 0 saturated carbocycles. The maximum Gasteiger partial charge on any atom is 0.213 e.